The number of rotatable bonds is 3. The number of thiazole rings is 2. The molecule has 126 valence electrons. The van der Waals surface area contributed by atoms with Gasteiger partial charge in [-0.05, 0) is 12.5 Å². The Labute approximate surface area is 156 Å². The normalized spacial score (nSPS) is 11.3. The average Bonchev–Trinajstić information content (AvgIpc) is 3.23. The minimum absolute atomic E-state index is 0.0190. The Hall–Kier alpha value is -2.22. The summed E-state index contributed by atoms with van der Waals surface area (Å²) < 4.78 is 3.79. The zero-order valence-corrected chi connectivity index (χ0v) is 15.5. The van der Waals surface area contributed by atoms with Gasteiger partial charge in [-0.1, -0.05) is 64.6 Å². The second-order valence-electron chi connectivity index (χ2n) is 5.33. The van der Waals surface area contributed by atoms with Crippen molar-refractivity contribution in [1.29, 1.82) is 0 Å². The third kappa shape index (κ3) is 2.55. The molecular weight excluding hydrogens is 378 g/mol. The van der Waals surface area contributed by atoms with Crippen molar-refractivity contribution < 1.29 is 9.67 Å². The smallest absolute Gasteiger partial charge is 0.355 e. The fourth-order valence-electron chi connectivity index (χ4n) is 2.81. The van der Waals surface area contributed by atoms with Gasteiger partial charge in [0.1, 0.15) is 0 Å². The Morgan fingerprint density at radius 2 is 2.08 bits per heavy atom. The second-order valence-corrected chi connectivity index (χ2v) is 7.78. The molecule has 0 aliphatic heterocycles. The van der Waals surface area contributed by atoms with Crippen molar-refractivity contribution >= 4 is 39.2 Å². The fourth-order valence-corrected chi connectivity index (χ4v) is 4.91. The van der Waals surface area contributed by atoms with E-state index in [0.717, 1.165) is 10.6 Å². The molecule has 3 aromatic heterocycles. The highest BCUT2D eigenvalue weighted by Gasteiger charge is 2.28. The van der Waals surface area contributed by atoms with Gasteiger partial charge in [0.25, 0.3) is 5.88 Å². The Bertz CT molecular complexity index is 1130. The maximum Gasteiger partial charge on any atom is 0.355 e. The number of aryl methyl sites for hydroxylation is 1. The molecule has 0 amide bonds. The molecule has 4 aromatic rings. The standard InChI is InChI=1S/C17H12ClN3O2S2/c1-2-20-14(22)13(10-6-4-3-5-7-10)15(23)21-11(9-24-17(20)21)12-8-19-16(18)25-12/h3-9H,2H2,1H3/p+1. The van der Waals surface area contributed by atoms with E-state index in [9.17, 15) is 9.90 Å². The van der Waals surface area contributed by atoms with Crippen molar-refractivity contribution in [2.45, 2.75) is 13.5 Å². The molecule has 5 nitrogen and oxygen atoms in total. The Kier molecular flexibility index (Phi) is 4.07. The zero-order chi connectivity index (χ0) is 17.6. The van der Waals surface area contributed by atoms with Crippen molar-refractivity contribution in [2.75, 3.05) is 0 Å². The Morgan fingerprint density at radius 1 is 1.32 bits per heavy atom. The van der Waals surface area contributed by atoms with Crippen LogP contribution in [0.5, 0.6) is 5.88 Å². The van der Waals surface area contributed by atoms with Gasteiger partial charge in [0, 0.05) is 5.38 Å². The third-order valence-corrected chi connectivity index (χ3v) is 6.04. The quantitative estimate of drug-likeness (QED) is 0.541. The van der Waals surface area contributed by atoms with Crippen LogP contribution in [0.2, 0.25) is 4.47 Å². The molecule has 1 aromatic carbocycles. The van der Waals surface area contributed by atoms with E-state index in [0.29, 0.717) is 21.5 Å². The highest BCUT2D eigenvalue weighted by atomic mass is 35.5. The van der Waals surface area contributed by atoms with Gasteiger partial charge in [0.05, 0.1) is 17.6 Å². The third-order valence-electron chi connectivity index (χ3n) is 3.94. The molecule has 4 rings (SSSR count). The van der Waals surface area contributed by atoms with Gasteiger partial charge >= 0.3 is 10.5 Å². The number of fused-ring (bicyclic) bond motifs is 1. The highest BCUT2D eigenvalue weighted by Crippen LogP contribution is 2.32. The molecule has 0 fully saturated rings. The first-order valence-electron chi connectivity index (χ1n) is 7.58. The molecule has 1 N–H and O–H groups in total. The minimum atomic E-state index is -0.260. The number of hydrogen-bond donors (Lipinski definition) is 1. The molecular formula is C17H13ClN3O2S2+. The summed E-state index contributed by atoms with van der Waals surface area (Å²) in [6.07, 6.45) is 1.66. The van der Waals surface area contributed by atoms with Crippen molar-refractivity contribution in [3.8, 4) is 27.6 Å². The highest BCUT2D eigenvalue weighted by molar-refractivity contribution is 7.19. The lowest BCUT2D eigenvalue weighted by atomic mass is 10.1. The number of aromatic hydroxyl groups is 1. The van der Waals surface area contributed by atoms with Gasteiger partial charge in [-0.25, -0.2) is 9.78 Å². The molecule has 0 saturated heterocycles. The van der Waals surface area contributed by atoms with Crippen LogP contribution in [-0.2, 0) is 6.54 Å². The van der Waals surface area contributed by atoms with E-state index in [1.807, 2.05) is 42.6 Å². The van der Waals surface area contributed by atoms with Gasteiger partial charge < -0.3 is 5.11 Å². The Balaban J connectivity index is 2.12. The predicted molar refractivity (Wildman–Crippen MR) is 101 cm³/mol. The van der Waals surface area contributed by atoms with Crippen LogP contribution in [0.1, 0.15) is 6.92 Å². The maximum absolute atomic E-state index is 13.2. The zero-order valence-electron chi connectivity index (χ0n) is 13.1. The van der Waals surface area contributed by atoms with Crippen LogP contribution in [0.3, 0.4) is 0 Å². The van der Waals surface area contributed by atoms with Crippen molar-refractivity contribution in [3.63, 3.8) is 0 Å². The molecule has 0 spiro atoms. The second kappa shape index (κ2) is 6.25. The first-order chi connectivity index (χ1) is 12.1. The minimum Gasteiger partial charge on any atom is -0.477 e. The summed E-state index contributed by atoms with van der Waals surface area (Å²) in [4.78, 5) is 18.8. The molecule has 0 aliphatic carbocycles. The predicted octanol–water partition coefficient (Wildman–Crippen LogP) is 3.82. The van der Waals surface area contributed by atoms with E-state index in [4.69, 9.17) is 11.6 Å². The van der Waals surface area contributed by atoms with Crippen LogP contribution in [0, 0.1) is 0 Å². The topological polar surface area (TPSA) is 58.5 Å². The van der Waals surface area contributed by atoms with Crippen LogP contribution < -0.4 is 10.1 Å². The molecule has 0 unspecified atom stereocenters. The van der Waals surface area contributed by atoms with Gasteiger partial charge in [-0.3, -0.25) is 0 Å². The van der Waals surface area contributed by atoms with E-state index in [1.165, 1.54) is 22.7 Å². The summed E-state index contributed by atoms with van der Waals surface area (Å²) in [6.45, 7) is 2.47. The maximum atomic E-state index is 13.2. The fraction of sp³-hybridized carbons (Fsp3) is 0.118. The number of hydrogen-bond acceptors (Lipinski definition) is 5. The lowest BCUT2D eigenvalue weighted by molar-refractivity contribution is -0.674. The van der Waals surface area contributed by atoms with E-state index in [1.54, 1.807) is 15.2 Å². The molecule has 8 heteroatoms. The Morgan fingerprint density at radius 3 is 2.72 bits per heavy atom. The molecule has 0 aliphatic rings. The molecule has 25 heavy (non-hydrogen) atoms. The number of benzene rings is 1. The summed E-state index contributed by atoms with van der Waals surface area (Å²) in [6, 6.07) is 9.20. The van der Waals surface area contributed by atoms with Gasteiger partial charge in [0.2, 0.25) is 0 Å². The molecule has 0 bridgehead atoms. The summed E-state index contributed by atoms with van der Waals surface area (Å²) in [5, 5.41) is 12.6. The number of aromatic nitrogens is 3. The monoisotopic (exact) mass is 390 g/mol. The van der Waals surface area contributed by atoms with Crippen molar-refractivity contribution in [1.82, 2.24) is 9.38 Å². The van der Waals surface area contributed by atoms with E-state index in [2.05, 4.69) is 4.98 Å². The lowest BCUT2D eigenvalue weighted by Gasteiger charge is -2.06. The summed E-state index contributed by atoms with van der Waals surface area (Å²) in [7, 11) is 0. The summed E-state index contributed by atoms with van der Waals surface area (Å²) in [5.41, 5.74) is 1.44. The van der Waals surface area contributed by atoms with E-state index < -0.39 is 0 Å². The van der Waals surface area contributed by atoms with Gasteiger partial charge in [0.15, 0.2) is 15.7 Å². The summed E-state index contributed by atoms with van der Waals surface area (Å²) in [5.74, 6) is -0.0190. The average molecular weight is 391 g/mol. The van der Waals surface area contributed by atoms with E-state index in [-0.39, 0.29) is 17.0 Å². The number of nitrogens with zero attached hydrogens (tertiary/aromatic N) is 3. The largest absolute Gasteiger partial charge is 0.477 e. The van der Waals surface area contributed by atoms with Crippen LogP contribution in [0.4, 0.5) is 0 Å². The molecule has 0 atom stereocenters. The van der Waals surface area contributed by atoms with Crippen LogP contribution >= 0.6 is 34.3 Å². The van der Waals surface area contributed by atoms with Crippen LogP contribution in [0.15, 0.2) is 46.7 Å². The first-order valence-corrected chi connectivity index (χ1v) is 9.65. The van der Waals surface area contributed by atoms with Crippen LogP contribution in [-0.4, -0.2) is 14.5 Å². The molecule has 3 heterocycles. The van der Waals surface area contributed by atoms with Crippen LogP contribution in [0.25, 0.3) is 26.7 Å². The SMILES string of the molecule is CC[n+]1c(O)c(-c2ccccc2)c(=O)n2c(-c3cnc(Cl)s3)csc21. The van der Waals surface area contributed by atoms with Gasteiger partial charge in [-0.2, -0.15) is 4.57 Å². The molecule has 0 saturated carbocycles. The van der Waals surface area contributed by atoms with Gasteiger partial charge in [-0.15, -0.1) is 4.40 Å². The van der Waals surface area contributed by atoms with Crippen molar-refractivity contribution in [3.05, 3.63) is 56.7 Å². The summed E-state index contributed by atoms with van der Waals surface area (Å²) >= 11 is 8.68. The lowest BCUT2D eigenvalue weighted by Crippen LogP contribution is -2.39. The first kappa shape index (κ1) is 16.3. The molecule has 0 radical (unpaired) electrons. The van der Waals surface area contributed by atoms with E-state index >= 15 is 0 Å². The van der Waals surface area contributed by atoms with Crippen molar-refractivity contribution in [2.24, 2.45) is 0 Å². The number of halogens is 1.